The first-order valence-corrected chi connectivity index (χ1v) is 5.84. The van der Waals surface area contributed by atoms with E-state index in [1.54, 1.807) is 24.7 Å². The molecule has 0 spiro atoms. The monoisotopic (exact) mass is 292 g/mol. The summed E-state index contributed by atoms with van der Waals surface area (Å²) in [6.45, 7) is 0. The summed E-state index contributed by atoms with van der Waals surface area (Å²) in [7, 11) is 0. The molecule has 3 nitrogen and oxygen atoms in total. The highest BCUT2D eigenvalue weighted by molar-refractivity contribution is 6.67. The minimum atomic E-state index is -0.457. The number of carbonyl (C=O) groups is 1. The number of benzene rings is 1. The zero-order valence-corrected chi connectivity index (χ0v) is 11.4. The van der Waals surface area contributed by atoms with Crippen LogP contribution < -0.4 is 0 Å². The van der Waals surface area contributed by atoms with E-state index in [1.807, 2.05) is 35.0 Å². The van der Waals surface area contributed by atoms with E-state index in [1.165, 1.54) is 0 Å². The maximum absolute atomic E-state index is 11.1. The van der Waals surface area contributed by atoms with E-state index in [4.69, 9.17) is 11.6 Å². The first-order chi connectivity index (χ1) is 8.75. The Morgan fingerprint density at radius 2 is 1.95 bits per heavy atom. The molecule has 96 valence electrons. The van der Waals surface area contributed by atoms with Gasteiger partial charge >= 0.3 is 0 Å². The Morgan fingerprint density at radius 1 is 1.16 bits per heavy atom. The standard InChI is InChI=1S/C14H9ClN2O.ClH/c15-14(18)11-5-6-17(9-11)13-8-16-7-10-3-1-2-4-12(10)13;/h1-9H;1H. The topological polar surface area (TPSA) is 34.9 Å². The maximum Gasteiger partial charge on any atom is 0.253 e. The number of fused-ring (bicyclic) bond motifs is 1. The third kappa shape index (κ3) is 2.48. The molecular formula is C14H10Cl2N2O. The number of rotatable bonds is 2. The van der Waals surface area contributed by atoms with E-state index >= 15 is 0 Å². The van der Waals surface area contributed by atoms with Crippen molar-refractivity contribution < 1.29 is 4.79 Å². The first-order valence-electron chi connectivity index (χ1n) is 5.46. The molecule has 0 N–H and O–H groups in total. The molecule has 0 atom stereocenters. The van der Waals surface area contributed by atoms with Gasteiger partial charge in [0.2, 0.25) is 0 Å². The summed E-state index contributed by atoms with van der Waals surface area (Å²) in [5.41, 5.74) is 1.40. The molecule has 5 heteroatoms. The molecule has 0 amide bonds. The third-order valence-electron chi connectivity index (χ3n) is 2.85. The summed E-state index contributed by atoms with van der Waals surface area (Å²) < 4.78 is 1.85. The molecule has 0 bridgehead atoms. The van der Waals surface area contributed by atoms with Crippen molar-refractivity contribution in [1.82, 2.24) is 9.55 Å². The van der Waals surface area contributed by atoms with Crippen molar-refractivity contribution in [3.63, 3.8) is 0 Å². The average molecular weight is 293 g/mol. The summed E-state index contributed by atoms with van der Waals surface area (Å²) in [6.07, 6.45) is 7.10. The first kappa shape index (κ1) is 13.6. The van der Waals surface area contributed by atoms with Gasteiger partial charge < -0.3 is 4.57 Å². The minimum absolute atomic E-state index is 0. The van der Waals surface area contributed by atoms with Crippen LogP contribution in [0.5, 0.6) is 0 Å². The van der Waals surface area contributed by atoms with Gasteiger partial charge in [0.05, 0.1) is 17.4 Å². The predicted octanol–water partition coefficient (Wildman–Crippen LogP) is 3.83. The summed E-state index contributed by atoms with van der Waals surface area (Å²) in [4.78, 5) is 15.3. The highest BCUT2D eigenvalue weighted by Crippen LogP contribution is 2.21. The van der Waals surface area contributed by atoms with Crippen molar-refractivity contribution in [3.8, 4) is 5.69 Å². The molecule has 0 unspecified atom stereocenters. The lowest BCUT2D eigenvalue weighted by Crippen LogP contribution is -1.93. The molecule has 3 aromatic rings. The fraction of sp³-hybridized carbons (Fsp3) is 0. The Kier molecular flexibility index (Phi) is 3.88. The second kappa shape index (κ2) is 5.43. The zero-order chi connectivity index (χ0) is 12.5. The van der Waals surface area contributed by atoms with E-state index in [0.717, 1.165) is 16.5 Å². The quantitative estimate of drug-likeness (QED) is 0.673. The number of nitrogens with zero attached hydrogens (tertiary/aromatic N) is 2. The van der Waals surface area contributed by atoms with Gasteiger partial charge in [0.1, 0.15) is 0 Å². The molecule has 19 heavy (non-hydrogen) atoms. The number of halogens is 2. The number of hydrogen-bond donors (Lipinski definition) is 0. The number of aromatic nitrogens is 2. The van der Waals surface area contributed by atoms with Gasteiger partial charge in [0.25, 0.3) is 5.24 Å². The van der Waals surface area contributed by atoms with Gasteiger partial charge in [-0.1, -0.05) is 24.3 Å². The van der Waals surface area contributed by atoms with Crippen molar-refractivity contribution >= 4 is 40.0 Å². The SMILES string of the molecule is Cl.O=C(Cl)c1ccn(-c2cncc3ccccc23)c1. The molecule has 0 aliphatic rings. The second-order valence-electron chi connectivity index (χ2n) is 3.96. The van der Waals surface area contributed by atoms with Crippen LogP contribution in [-0.4, -0.2) is 14.8 Å². The van der Waals surface area contributed by atoms with E-state index < -0.39 is 5.24 Å². The van der Waals surface area contributed by atoms with E-state index in [-0.39, 0.29) is 12.4 Å². The largest absolute Gasteiger partial charge is 0.321 e. The Hall–Kier alpha value is -1.84. The Morgan fingerprint density at radius 3 is 2.68 bits per heavy atom. The minimum Gasteiger partial charge on any atom is -0.321 e. The molecule has 0 aliphatic carbocycles. The van der Waals surface area contributed by atoms with Gasteiger partial charge in [0, 0.05) is 29.4 Å². The molecule has 0 saturated heterocycles. The summed E-state index contributed by atoms with van der Waals surface area (Å²) in [6, 6.07) is 9.66. The van der Waals surface area contributed by atoms with Gasteiger partial charge in [-0.3, -0.25) is 9.78 Å². The van der Waals surface area contributed by atoms with Gasteiger partial charge in [0.15, 0.2) is 0 Å². The number of hydrogen-bond acceptors (Lipinski definition) is 2. The lowest BCUT2D eigenvalue weighted by Gasteiger charge is -2.06. The molecule has 0 saturated carbocycles. The number of carbonyl (C=O) groups excluding carboxylic acids is 1. The molecular weight excluding hydrogens is 283 g/mol. The molecule has 0 aliphatic heterocycles. The fourth-order valence-corrected chi connectivity index (χ4v) is 2.08. The van der Waals surface area contributed by atoms with Crippen LogP contribution in [-0.2, 0) is 0 Å². The highest BCUT2D eigenvalue weighted by Gasteiger charge is 2.07. The molecule has 3 rings (SSSR count). The average Bonchev–Trinajstić information content (AvgIpc) is 2.87. The zero-order valence-electron chi connectivity index (χ0n) is 9.79. The van der Waals surface area contributed by atoms with Crippen LogP contribution in [0.4, 0.5) is 0 Å². The molecule has 2 heterocycles. The van der Waals surface area contributed by atoms with Crippen molar-refractivity contribution in [2.75, 3.05) is 0 Å². The van der Waals surface area contributed by atoms with Crippen LogP contribution in [0.1, 0.15) is 10.4 Å². The Labute approximate surface area is 121 Å². The lowest BCUT2D eigenvalue weighted by molar-refractivity contribution is 0.108. The van der Waals surface area contributed by atoms with E-state index in [0.29, 0.717) is 5.56 Å². The smallest absolute Gasteiger partial charge is 0.253 e. The lowest BCUT2D eigenvalue weighted by atomic mass is 10.1. The Balaban J connectivity index is 0.00000133. The van der Waals surface area contributed by atoms with Crippen LogP contribution in [0.3, 0.4) is 0 Å². The third-order valence-corrected chi connectivity index (χ3v) is 3.06. The van der Waals surface area contributed by atoms with E-state index in [9.17, 15) is 4.79 Å². The van der Waals surface area contributed by atoms with Crippen LogP contribution in [0.2, 0.25) is 0 Å². The summed E-state index contributed by atoms with van der Waals surface area (Å²) in [5, 5.41) is 1.68. The number of pyridine rings is 1. The van der Waals surface area contributed by atoms with Crippen molar-refractivity contribution in [3.05, 3.63) is 60.7 Å². The van der Waals surface area contributed by atoms with Crippen LogP contribution in [0.25, 0.3) is 16.5 Å². The second-order valence-corrected chi connectivity index (χ2v) is 4.30. The fourth-order valence-electron chi connectivity index (χ4n) is 1.97. The van der Waals surface area contributed by atoms with Gasteiger partial charge in [-0.05, 0) is 17.7 Å². The van der Waals surface area contributed by atoms with Crippen molar-refractivity contribution in [1.29, 1.82) is 0 Å². The molecule has 1 aromatic carbocycles. The molecule has 0 radical (unpaired) electrons. The van der Waals surface area contributed by atoms with Gasteiger partial charge in [-0.25, -0.2) is 0 Å². The van der Waals surface area contributed by atoms with Crippen molar-refractivity contribution in [2.24, 2.45) is 0 Å². The highest BCUT2D eigenvalue weighted by atomic mass is 35.5. The van der Waals surface area contributed by atoms with Gasteiger partial charge in [-0.2, -0.15) is 0 Å². The van der Waals surface area contributed by atoms with Crippen LogP contribution in [0, 0.1) is 0 Å². The molecule has 2 aromatic heterocycles. The van der Waals surface area contributed by atoms with E-state index in [2.05, 4.69) is 4.98 Å². The van der Waals surface area contributed by atoms with Crippen molar-refractivity contribution in [2.45, 2.75) is 0 Å². The molecule has 0 fully saturated rings. The maximum atomic E-state index is 11.1. The summed E-state index contributed by atoms with van der Waals surface area (Å²) >= 11 is 5.45. The van der Waals surface area contributed by atoms with Gasteiger partial charge in [-0.15, -0.1) is 12.4 Å². The summed E-state index contributed by atoms with van der Waals surface area (Å²) in [5.74, 6) is 0. The normalized spacial score (nSPS) is 10.2. The van der Waals surface area contributed by atoms with Crippen LogP contribution in [0.15, 0.2) is 55.1 Å². The van der Waals surface area contributed by atoms with Crippen LogP contribution >= 0.6 is 24.0 Å². The Bertz CT molecular complexity index is 732. The predicted molar refractivity (Wildman–Crippen MR) is 78.5 cm³/mol.